The van der Waals surface area contributed by atoms with Crippen LogP contribution in [0.5, 0.6) is 0 Å². The first kappa shape index (κ1) is 11.8. The first-order valence-corrected chi connectivity index (χ1v) is 6.78. The zero-order valence-corrected chi connectivity index (χ0v) is 11.2. The van der Waals surface area contributed by atoms with Crippen molar-refractivity contribution >= 4 is 5.69 Å². The molecule has 0 fully saturated rings. The third-order valence-electron chi connectivity index (χ3n) is 4.60. The van der Waals surface area contributed by atoms with Gasteiger partial charge in [0.1, 0.15) is 5.82 Å². The molecule has 96 valence electrons. The predicted octanol–water partition coefficient (Wildman–Crippen LogP) is 4.03. The minimum absolute atomic E-state index is 0.124. The molecule has 0 radical (unpaired) electrons. The molecule has 18 heavy (non-hydrogen) atoms. The fraction of sp³-hybridized carbons (Fsp3) is 0.500. The third kappa shape index (κ3) is 1.75. The summed E-state index contributed by atoms with van der Waals surface area (Å²) in [7, 11) is 2.08. The van der Waals surface area contributed by atoms with Crippen LogP contribution in [-0.4, -0.2) is 13.6 Å². The molecule has 0 amide bonds. The summed E-state index contributed by atoms with van der Waals surface area (Å²) in [6.45, 7) is 3.26. The van der Waals surface area contributed by atoms with Crippen molar-refractivity contribution < 1.29 is 4.39 Å². The van der Waals surface area contributed by atoms with Crippen molar-refractivity contribution in [3.05, 3.63) is 41.2 Å². The zero-order chi connectivity index (χ0) is 12.8. The highest BCUT2D eigenvalue weighted by molar-refractivity contribution is 5.62. The van der Waals surface area contributed by atoms with Crippen LogP contribution in [0.4, 0.5) is 10.1 Å². The first-order valence-electron chi connectivity index (χ1n) is 6.78. The van der Waals surface area contributed by atoms with Crippen molar-refractivity contribution in [1.82, 2.24) is 0 Å². The molecule has 2 aliphatic rings. The van der Waals surface area contributed by atoms with Gasteiger partial charge in [-0.05, 0) is 50.3 Å². The molecule has 1 atom stereocenters. The average Bonchev–Trinajstić information content (AvgIpc) is 2.47. The molecule has 3 rings (SSSR count). The summed E-state index contributed by atoms with van der Waals surface area (Å²) in [6.07, 6.45) is 7.07. The van der Waals surface area contributed by atoms with Crippen LogP contribution < -0.4 is 4.90 Å². The summed E-state index contributed by atoms with van der Waals surface area (Å²) in [5, 5.41) is 0. The second-order valence-corrected chi connectivity index (χ2v) is 5.89. The fourth-order valence-corrected chi connectivity index (χ4v) is 3.58. The molecule has 0 saturated carbocycles. The summed E-state index contributed by atoms with van der Waals surface area (Å²) in [4.78, 5) is 2.22. The molecule has 2 heteroatoms. The van der Waals surface area contributed by atoms with E-state index in [4.69, 9.17) is 0 Å². The quantitative estimate of drug-likeness (QED) is 0.624. The van der Waals surface area contributed by atoms with E-state index in [2.05, 4.69) is 24.9 Å². The van der Waals surface area contributed by atoms with Crippen LogP contribution in [0, 0.1) is 5.82 Å². The molecule has 0 bridgehead atoms. The molecule has 1 aromatic rings. The number of hydrogen-bond acceptors (Lipinski definition) is 1. The second-order valence-electron chi connectivity index (χ2n) is 5.89. The van der Waals surface area contributed by atoms with Crippen molar-refractivity contribution in [2.75, 3.05) is 18.5 Å². The second kappa shape index (κ2) is 4.11. The Morgan fingerprint density at radius 3 is 2.94 bits per heavy atom. The van der Waals surface area contributed by atoms with Crippen molar-refractivity contribution in [1.29, 1.82) is 0 Å². The summed E-state index contributed by atoms with van der Waals surface area (Å²) in [6, 6.07) is 5.31. The van der Waals surface area contributed by atoms with Crippen molar-refractivity contribution in [2.45, 2.75) is 38.0 Å². The molecular formula is C16H20FN. The van der Waals surface area contributed by atoms with E-state index in [0.717, 1.165) is 18.7 Å². The summed E-state index contributed by atoms with van der Waals surface area (Å²) in [5.41, 5.74) is 4.20. The number of halogens is 1. The van der Waals surface area contributed by atoms with Crippen LogP contribution in [0.25, 0.3) is 0 Å². The molecule has 1 unspecified atom stereocenters. The maximum Gasteiger partial charge on any atom is 0.125 e. The minimum Gasteiger partial charge on any atom is -0.373 e. The number of allylic oxidation sites excluding steroid dienone is 2. The molecular weight excluding hydrogens is 225 g/mol. The van der Waals surface area contributed by atoms with Gasteiger partial charge in [-0.1, -0.05) is 17.7 Å². The smallest absolute Gasteiger partial charge is 0.125 e. The lowest BCUT2D eigenvalue weighted by Gasteiger charge is -2.28. The van der Waals surface area contributed by atoms with E-state index in [1.165, 1.54) is 30.4 Å². The highest BCUT2D eigenvalue weighted by atomic mass is 19.1. The van der Waals surface area contributed by atoms with Crippen molar-refractivity contribution in [3.63, 3.8) is 0 Å². The van der Waals surface area contributed by atoms with E-state index in [-0.39, 0.29) is 11.2 Å². The van der Waals surface area contributed by atoms with E-state index in [1.807, 2.05) is 6.07 Å². The van der Waals surface area contributed by atoms with Gasteiger partial charge in [0.05, 0.1) is 0 Å². The van der Waals surface area contributed by atoms with E-state index in [1.54, 1.807) is 12.1 Å². The number of anilines is 1. The Labute approximate surface area is 108 Å². The fourth-order valence-electron chi connectivity index (χ4n) is 3.58. The summed E-state index contributed by atoms with van der Waals surface area (Å²) < 4.78 is 13.4. The standard InChI is InChI=1S/C16H20FN/c1-12-4-3-8-16(9-7-12)11-18(2)15-10-13(17)5-6-14(15)16/h4-6,10H,3,7-9,11H2,1-2H3. The highest BCUT2D eigenvalue weighted by Crippen LogP contribution is 2.47. The predicted molar refractivity (Wildman–Crippen MR) is 73.6 cm³/mol. The average molecular weight is 245 g/mol. The SMILES string of the molecule is CC1=CCCC2(CC1)CN(C)c1cc(F)ccc12. The Kier molecular flexibility index (Phi) is 2.69. The van der Waals surface area contributed by atoms with Gasteiger partial charge in [0.25, 0.3) is 0 Å². The number of nitrogens with zero attached hydrogens (tertiary/aromatic N) is 1. The number of hydrogen-bond donors (Lipinski definition) is 0. The number of benzene rings is 1. The van der Waals surface area contributed by atoms with Gasteiger partial charge < -0.3 is 4.90 Å². The van der Waals surface area contributed by atoms with Crippen LogP contribution >= 0.6 is 0 Å². The monoisotopic (exact) mass is 245 g/mol. The van der Waals surface area contributed by atoms with Gasteiger partial charge >= 0.3 is 0 Å². The zero-order valence-electron chi connectivity index (χ0n) is 11.2. The van der Waals surface area contributed by atoms with Crippen molar-refractivity contribution in [2.24, 2.45) is 0 Å². The molecule has 1 aliphatic carbocycles. The van der Waals surface area contributed by atoms with Crippen LogP contribution in [0.3, 0.4) is 0 Å². The van der Waals surface area contributed by atoms with E-state index >= 15 is 0 Å². The number of likely N-dealkylation sites (N-methyl/N-ethyl adjacent to an activating group) is 1. The van der Waals surface area contributed by atoms with E-state index in [9.17, 15) is 4.39 Å². The Morgan fingerprint density at radius 2 is 2.11 bits per heavy atom. The largest absolute Gasteiger partial charge is 0.373 e. The van der Waals surface area contributed by atoms with Gasteiger partial charge in [-0.25, -0.2) is 4.39 Å². The molecule has 1 aromatic carbocycles. The van der Waals surface area contributed by atoms with Crippen LogP contribution in [-0.2, 0) is 5.41 Å². The van der Waals surface area contributed by atoms with Gasteiger partial charge in [-0.15, -0.1) is 0 Å². The van der Waals surface area contributed by atoms with Crippen LogP contribution in [0.15, 0.2) is 29.8 Å². The molecule has 1 heterocycles. The lowest BCUT2D eigenvalue weighted by atomic mass is 9.75. The van der Waals surface area contributed by atoms with E-state index in [0.29, 0.717) is 0 Å². The number of rotatable bonds is 0. The minimum atomic E-state index is -0.124. The van der Waals surface area contributed by atoms with Gasteiger partial charge in [-0.3, -0.25) is 0 Å². The normalized spacial score (nSPS) is 27.1. The molecule has 1 nitrogen and oxygen atoms in total. The van der Waals surface area contributed by atoms with Crippen molar-refractivity contribution in [3.8, 4) is 0 Å². The lowest BCUT2D eigenvalue weighted by molar-refractivity contribution is 0.401. The molecule has 0 N–H and O–H groups in total. The number of fused-ring (bicyclic) bond motifs is 2. The third-order valence-corrected chi connectivity index (χ3v) is 4.60. The molecule has 0 aromatic heterocycles. The van der Waals surface area contributed by atoms with Crippen LogP contribution in [0.1, 0.15) is 38.2 Å². The maximum absolute atomic E-state index is 13.4. The lowest BCUT2D eigenvalue weighted by Crippen LogP contribution is -2.31. The Morgan fingerprint density at radius 1 is 1.28 bits per heavy atom. The Hall–Kier alpha value is -1.31. The van der Waals surface area contributed by atoms with Gasteiger partial charge in [0.2, 0.25) is 0 Å². The van der Waals surface area contributed by atoms with E-state index < -0.39 is 0 Å². The maximum atomic E-state index is 13.4. The summed E-state index contributed by atoms with van der Waals surface area (Å²) >= 11 is 0. The molecule has 1 spiro atoms. The Balaban J connectivity index is 2.02. The van der Waals surface area contributed by atoms with Crippen LogP contribution in [0.2, 0.25) is 0 Å². The Bertz CT molecular complexity index is 506. The highest BCUT2D eigenvalue weighted by Gasteiger charge is 2.41. The van der Waals surface area contributed by atoms with Gasteiger partial charge in [0, 0.05) is 24.7 Å². The first-order chi connectivity index (χ1) is 8.61. The van der Waals surface area contributed by atoms with Gasteiger partial charge in [-0.2, -0.15) is 0 Å². The molecule has 1 aliphatic heterocycles. The molecule has 0 saturated heterocycles. The topological polar surface area (TPSA) is 3.24 Å². The van der Waals surface area contributed by atoms with Gasteiger partial charge in [0.15, 0.2) is 0 Å². The summed E-state index contributed by atoms with van der Waals surface area (Å²) in [5.74, 6) is -0.124.